The summed E-state index contributed by atoms with van der Waals surface area (Å²) in [6.45, 7) is 4.81. The lowest BCUT2D eigenvalue weighted by molar-refractivity contribution is -0.136. The highest BCUT2D eigenvalue weighted by molar-refractivity contribution is 6.05. The van der Waals surface area contributed by atoms with Gasteiger partial charge in [-0.15, -0.1) is 5.10 Å². The summed E-state index contributed by atoms with van der Waals surface area (Å²) in [4.78, 5) is 51.0. The van der Waals surface area contributed by atoms with E-state index < -0.39 is 11.9 Å². The third kappa shape index (κ3) is 3.45. The van der Waals surface area contributed by atoms with E-state index in [4.69, 9.17) is 0 Å². The van der Waals surface area contributed by atoms with Crippen LogP contribution in [0.3, 0.4) is 0 Å². The molecule has 35 heavy (non-hydrogen) atoms. The topological polar surface area (TPSA) is 126 Å². The fourth-order valence-electron chi connectivity index (χ4n) is 6.37. The maximum absolute atomic E-state index is 12.9. The van der Waals surface area contributed by atoms with Crippen LogP contribution in [0.25, 0.3) is 5.69 Å². The second-order valence-electron chi connectivity index (χ2n) is 10.6. The van der Waals surface area contributed by atoms with E-state index in [0.717, 1.165) is 18.4 Å². The minimum atomic E-state index is -0.658. The van der Waals surface area contributed by atoms with Crippen molar-refractivity contribution in [2.75, 3.05) is 0 Å². The molecular formula is C25H28N6O4. The van der Waals surface area contributed by atoms with Gasteiger partial charge < -0.3 is 10.2 Å². The Morgan fingerprint density at radius 2 is 2.06 bits per heavy atom. The number of piperidine rings is 1. The number of carbonyl (C=O) groups excluding carboxylic acids is 4. The van der Waals surface area contributed by atoms with Gasteiger partial charge >= 0.3 is 0 Å². The Bertz CT molecular complexity index is 1270. The van der Waals surface area contributed by atoms with E-state index in [9.17, 15) is 19.2 Å². The van der Waals surface area contributed by atoms with Crippen LogP contribution in [-0.2, 0) is 16.1 Å². The van der Waals surface area contributed by atoms with Gasteiger partial charge in [-0.05, 0) is 66.7 Å². The van der Waals surface area contributed by atoms with Gasteiger partial charge in [0.1, 0.15) is 6.04 Å². The smallest absolute Gasteiger partial charge is 0.273 e. The molecule has 4 aliphatic rings. The van der Waals surface area contributed by atoms with Crippen molar-refractivity contribution < 1.29 is 19.2 Å². The number of fused-ring (bicyclic) bond motifs is 2. The van der Waals surface area contributed by atoms with E-state index in [2.05, 4.69) is 34.8 Å². The second-order valence-corrected chi connectivity index (χ2v) is 10.6. The Labute approximate surface area is 202 Å². The highest BCUT2D eigenvalue weighted by atomic mass is 16.2. The van der Waals surface area contributed by atoms with Gasteiger partial charge in [0.05, 0.1) is 11.9 Å². The number of hydrogen-bond acceptors (Lipinski definition) is 6. The van der Waals surface area contributed by atoms with Gasteiger partial charge in [0.25, 0.3) is 11.8 Å². The van der Waals surface area contributed by atoms with Gasteiger partial charge in [-0.2, -0.15) is 0 Å². The lowest BCUT2D eigenvalue weighted by Gasteiger charge is -2.29. The van der Waals surface area contributed by atoms with Crippen molar-refractivity contribution >= 4 is 23.6 Å². The summed E-state index contributed by atoms with van der Waals surface area (Å²) in [5, 5.41) is 13.7. The van der Waals surface area contributed by atoms with E-state index in [1.807, 2.05) is 6.07 Å². The molecule has 0 spiro atoms. The van der Waals surface area contributed by atoms with Gasteiger partial charge in [-0.25, -0.2) is 4.68 Å². The molecule has 1 unspecified atom stereocenters. The number of benzene rings is 1. The van der Waals surface area contributed by atoms with Crippen LogP contribution < -0.4 is 10.6 Å². The Hall–Kier alpha value is -3.56. The largest absolute Gasteiger partial charge is 0.348 e. The van der Waals surface area contributed by atoms with E-state index in [1.165, 1.54) is 16.0 Å². The summed E-state index contributed by atoms with van der Waals surface area (Å²) in [6.07, 6.45) is 5.49. The Morgan fingerprint density at radius 1 is 1.23 bits per heavy atom. The van der Waals surface area contributed by atoms with Crippen molar-refractivity contribution in [2.45, 2.75) is 64.6 Å². The summed E-state index contributed by atoms with van der Waals surface area (Å²) < 4.78 is 1.53. The fraction of sp³-hybridized carbons (Fsp3) is 0.520. The van der Waals surface area contributed by atoms with E-state index in [-0.39, 0.29) is 42.4 Å². The molecule has 1 aromatic heterocycles. The lowest BCUT2D eigenvalue weighted by atomic mass is 9.90. The Morgan fingerprint density at radius 3 is 2.77 bits per heavy atom. The van der Waals surface area contributed by atoms with Crippen molar-refractivity contribution in [3.05, 3.63) is 41.2 Å². The SMILES string of the molecule is CC(C)[C@@]12CC[C@H](NC(=O)c3cn(-c4ccc5c(c4)CN(C4CCC(=O)NC4=O)C5=O)nn3)[C@@H]1C2. The molecule has 182 valence electrons. The van der Waals surface area contributed by atoms with Crippen LogP contribution in [0.15, 0.2) is 24.4 Å². The number of rotatable bonds is 5. The van der Waals surface area contributed by atoms with Crippen molar-refractivity contribution in [3.8, 4) is 5.69 Å². The maximum atomic E-state index is 12.9. The molecule has 1 saturated heterocycles. The Balaban J connectivity index is 1.15. The zero-order valence-corrected chi connectivity index (χ0v) is 19.8. The highest BCUT2D eigenvalue weighted by Crippen LogP contribution is 2.67. The number of nitrogens with zero attached hydrogens (tertiary/aromatic N) is 4. The van der Waals surface area contributed by atoms with Gasteiger partial charge in [0.2, 0.25) is 11.8 Å². The molecule has 10 nitrogen and oxygen atoms in total. The highest BCUT2D eigenvalue weighted by Gasteiger charge is 2.63. The van der Waals surface area contributed by atoms with Crippen LogP contribution in [0, 0.1) is 17.3 Å². The van der Waals surface area contributed by atoms with Crippen LogP contribution in [0.4, 0.5) is 0 Å². The second kappa shape index (κ2) is 7.73. The predicted molar refractivity (Wildman–Crippen MR) is 123 cm³/mol. The molecule has 1 aromatic carbocycles. The molecule has 10 heteroatoms. The van der Waals surface area contributed by atoms with Crippen LogP contribution in [0.2, 0.25) is 0 Å². The standard InChI is InChI=1S/C25H28N6O4/c1-13(2)25-8-7-18(17(25)10-25)26-22(33)19-12-31(29-28-19)15-3-4-16-14(9-15)11-30(24(16)35)20-5-6-21(32)27-23(20)34/h3-4,9,12-13,17-18,20H,5-8,10-11H2,1-2H3,(H,26,33)(H,27,32,34)/t17-,18-,20?,25-/m0/s1. The molecule has 2 aliphatic heterocycles. The van der Waals surface area contributed by atoms with Crippen molar-refractivity contribution in [1.82, 2.24) is 30.5 Å². The third-order valence-electron chi connectivity index (χ3n) is 8.55. The average Bonchev–Trinajstić information content (AvgIpc) is 3.10. The number of aromatic nitrogens is 3. The average molecular weight is 477 g/mol. The summed E-state index contributed by atoms with van der Waals surface area (Å²) in [6, 6.07) is 4.82. The van der Waals surface area contributed by atoms with E-state index >= 15 is 0 Å². The lowest BCUT2D eigenvalue weighted by Crippen LogP contribution is -2.52. The van der Waals surface area contributed by atoms with Crippen LogP contribution in [0.5, 0.6) is 0 Å². The molecule has 2 N–H and O–H groups in total. The monoisotopic (exact) mass is 476 g/mol. The minimum absolute atomic E-state index is 0.194. The van der Waals surface area contributed by atoms with Crippen molar-refractivity contribution in [2.24, 2.45) is 17.3 Å². The zero-order chi connectivity index (χ0) is 24.5. The van der Waals surface area contributed by atoms with Crippen molar-refractivity contribution in [3.63, 3.8) is 0 Å². The number of nitrogens with one attached hydrogen (secondary N) is 2. The molecule has 4 amide bonds. The zero-order valence-electron chi connectivity index (χ0n) is 19.8. The van der Waals surface area contributed by atoms with E-state index in [0.29, 0.717) is 34.9 Å². The molecule has 2 aromatic rings. The Kier molecular flexibility index (Phi) is 4.84. The molecule has 0 bridgehead atoms. The molecule has 2 saturated carbocycles. The van der Waals surface area contributed by atoms with Crippen LogP contribution >= 0.6 is 0 Å². The molecule has 6 rings (SSSR count). The molecule has 3 heterocycles. The van der Waals surface area contributed by atoms with Crippen LogP contribution in [-0.4, -0.2) is 55.6 Å². The van der Waals surface area contributed by atoms with Crippen molar-refractivity contribution in [1.29, 1.82) is 0 Å². The first-order valence-electron chi connectivity index (χ1n) is 12.3. The van der Waals surface area contributed by atoms with E-state index in [1.54, 1.807) is 18.3 Å². The number of imide groups is 1. The quantitative estimate of drug-likeness (QED) is 0.631. The van der Waals surface area contributed by atoms with Gasteiger partial charge in [-0.3, -0.25) is 24.5 Å². The first-order valence-corrected chi connectivity index (χ1v) is 12.3. The van der Waals surface area contributed by atoms with Gasteiger partial charge in [0.15, 0.2) is 5.69 Å². The predicted octanol–water partition coefficient (Wildman–Crippen LogP) is 1.58. The normalized spacial score (nSPS) is 29.3. The van der Waals surface area contributed by atoms with Crippen LogP contribution in [0.1, 0.15) is 72.4 Å². The number of hydrogen-bond donors (Lipinski definition) is 2. The third-order valence-corrected chi connectivity index (χ3v) is 8.55. The summed E-state index contributed by atoms with van der Waals surface area (Å²) >= 11 is 0. The van der Waals surface area contributed by atoms with Gasteiger partial charge in [0, 0.05) is 24.6 Å². The molecule has 4 atom stereocenters. The number of carbonyl (C=O) groups is 4. The first kappa shape index (κ1) is 21.9. The summed E-state index contributed by atoms with van der Waals surface area (Å²) in [5.41, 5.74) is 2.63. The molecular weight excluding hydrogens is 448 g/mol. The fourth-order valence-corrected chi connectivity index (χ4v) is 6.37. The minimum Gasteiger partial charge on any atom is -0.348 e. The summed E-state index contributed by atoms with van der Waals surface area (Å²) in [7, 11) is 0. The molecule has 2 aliphatic carbocycles. The van der Waals surface area contributed by atoms with Gasteiger partial charge in [-0.1, -0.05) is 19.1 Å². The number of amides is 4. The summed E-state index contributed by atoms with van der Waals surface area (Å²) in [5.74, 6) is -0.000449. The molecule has 3 fully saturated rings. The maximum Gasteiger partial charge on any atom is 0.273 e. The first-order chi connectivity index (χ1) is 16.8. The molecule has 0 radical (unpaired) electrons.